The number of aliphatic hydroxyl groups excluding tert-OH is 1. The number of carbonyl (C=O) groups excluding carboxylic acids is 1. The normalized spacial score (nSPS) is 12.0. The van der Waals surface area contributed by atoms with Gasteiger partial charge in [-0.25, -0.2) is 9.80 Å². The van der Waals surface area contributed by atoms with Crippen LogP contribution in [0, 0.1) is 0 Å². The predicted octanol–water partition coefficient (Wildman–Crippen LogP) is 2.95. The van der Waals surface area contributed by atoms with Crippen molar-refractivity contribution in [1.29, 1.82) is 0 Å². The number of aliphatic hydroxyl groups is 1. The Labute approximate surface area is 186 Å². The molecule has 0 saturated carbocycles. The highest BCUT2D eigenvalue weighted by Crippen LogP contribution is 2.27. The van der Waals surface area contributed by atoms with E-state index in [-0.39, 0.29) is 12.3 Å². The van der Waals surface area contributed by atoms with Gasteiger partial charge >= 0.3 is 11.9 Å². The van der Waals surface area contributed by atoms with Crippen LogP contribution in [0.2, 0.25) is 10.0 Å². The summed E-state index contributed by atoms with van der Waals surface area (Å²) >= 11 is 12.1. The Morgan fingerprint density at radius 1 is 1.06 bits per heavy atom. The number of aromatic hydroxyl groups is 1. The van der Waals surface area contributed by atoms with Crippen molar-refractivity contribution >= 4 is 35.1 Å². The maximum Gasteiger partial charge on any atom is 0.333 e. The highest BCUT2D eigenvalue weighted by atomic mass is 35.5. The molecule has 11 heteroatoms. The molecule has 0 bridgehead atoms. The summed E-state index contributed by atoms with van der Waals surface area (Å²) in [6, 6.07) is 13.4. The minimum atomic E-state index is -1.74. The van der Waals surface area contributed by atoms with Gasteiger partial charge in [0.1, 0.15) is 0 Å². The van der Waals surface area contributed by atoms with Crippen LogP contribution in [0.25, 0.3) is 11.1 Å². The number of hydrogen-bond acceptors (Lipinski definition) is 7. The summed E-state index contributed by atoms with van der Waals surface area (Å²) in [5.41, 5.74) is 4.82. The number of nitrogens with one attached hydrogen (secondary N) is 1. The molecule has 1 heterocycles. The molecule has 0 aliphatic heterocycles. The predicted molar refractivity (Wildman–Crippen MR) is 112 cm³/mol. The van der Waals surface area contributed by atoms with E-state index in [2.05, 4.69) is 15.1 Å². The summed E-state index contributed by atoms with van der Waals surface area (Å²) < 4.78 is 4.67. The third-order valence-electron chi connectivity index (χ3n) is 4.18. The van der Waals surface area contributed by atoms with E-state index in [0.717, 1.165) is 22.8 Å². The minimum absolute atomic E-state index is 0.0762. The Kier molecular flexibility index (Phi) is 7.13. The van der Waals surface area contributed by atoms with Gasteiger partial charge in [-0.2, -0.15) is 0 Å². The molecule has 162 valence electrons. The third-order valence-corrected chi connectivity index (χ3v) is 4.62. The molecule has 2 aromatic carbocycles. The summed E-state index contributed by atoms with van der Waals surface area (Å²) in [5, 5.41) is 33.3. The number of benzene rings is 2. The lowest BCUT2D eigenvalue weighted by atomic mass is 10.0. The molecule has 0 spiro atoms. The standard InChI is InChI=1S/C20H17Cl2N3O6/c21-14-5-13(6-15(22)7-14)12-3-1-11(2-4-12)9-25(10-16(26)20(29)30)23-19(28)17-8-18(27)24-31-17/h1-8,16,26H,9-10H2,(H,23,28)(H,24,27)(H,29,30). The highest BCUT2D eigenvalue weighted by molar-refractivity contribution is 6.35. The molecule has 3 rings (SSSR count). The van der Waals surface area contributed by atoms with Gasteiger partial charge in [0.05, 0.1) is 12.6 Å². The van der Waals surface area contributed by atoms with E-state index in [1.807, 2.05) is 12.1 Å². The Hall–Kier alpha value is -3.11. The number of carboxylic acid groups (broad SMARTS) is 1. The van der Waals surface area contributed by atoms with Crippen molar-refractivity contribution in [1.82, 2.24) is 15.6 Å². The number of rotatable bonds is 8. The van der Waals surface area contributed by atoms with Crippen LogP contribution >= 0.6 is 23.2 Å². The maximum atomic E-state index is 12.3. The van der Waals surface area contributed by atoms with Crippen LogP contribution in [0.1, 0.15) is 16.1 Å². The van der Waals surface area contributed by atoms with Crippen LogP contribution in [0.5, 0.6) is 5.88 Å². The van der Waals surface area contributed by atoms with Gasteiger partial charge in [-0.05, 0) is 40.0 Å². The molecule has 1 atom stereocenters. The fraction of sp³-hybridized carbons (Fsp3) is 0.150. The van der Waals surface area contributed by atoms with Gasteiger partial charge in [-0.1, -0.05) is 47.5 Å². The van der Waals surface area contributed by atoms with Gasteiger partial charge in [-0.15, -0.1) is 0 Å². The fourth-order valence-electron chi connectivity index (χ4n) is 2.75. The molecule has 3 aromatic rings. The molecule has 9 nitrogen and oxygen atoms in total. The molecule has 1 aromatic heterocycles. The first kappa shape index (κ1) is 22.6. The first-order valence-electron chi connectivity index (χ1n) is 8.89. The molecule has 1 unspecified atom stereocenters. The van der Waals surface area contributed by atoms with E-state index in [1.54, 1.807) is 30.3 Å². The van der Waals surface area contributed by atoms with E-state index in [0.29, 0.717) is 10.0 Å². The van der Waals surface area contributed by atoms with Crippen LogP contribution in [-0.4, -0.2) is 50.0 Å². The van der Waals surface area contributed by atoms with Crippen molar-refractivity contribution in [3.05, 3.63) is 69.9 Å². The zero-order valence-corrected chi connectivity index (χ0v) is 17.3. The number of hydrogen-bond donors (Lipinski definition) is 4. The maximum absolute atomic E-state index is 12.3. The van der Waals surface area contributed by atoms with Gasteiger partial charge < -0.3 is 19.8 Å². The van der Waals surface area contributed by atoms with E-state index in [9.17, 15) is 19.8 Å². The molecule has 4 N–H and O–H groups in total. The lowest BCUT2D eigenvalue weighted by Crippen LogP contribution is -2.47. The van der Waals surface area contributed by atoms with Crippen molar-refractivity contribution in [3.8, 4) is 17.0 Å². The molecule has 31 heavy (non-hydrogen) atoms. The van der Waals surface area contributed by atoms with E-state index in [4.69, 9.17) is 28.3 Å². The molecule has 0 aliphatic carbocycles. The first-order valence-corrected chi connectivity index (χ1v) is 9.65. The molecule has 0 saturated heterocycles. The molecular weight excluding hydrogens is 449 g/mol. The van der Waals surface area contributed by atoms with Crippen LogP contribution in [0.15, 0.2) is 53.1 Å². The molecular formula is C20H17Cl2N3O6. The highest BCUT2D eigenvalue weighted by Gasteiger charge is 2.22. The van der Waals surface area contributed by atoms with Gasteiger partial charge in [0.25, 0.3) is 5.88 Å². The lowest BCUT2D eigenvalue weighted by molar-refractivity contribution is -0.148. The zero-order valence-electron chi connectivity index (χ0n) is 15.8. The van der Waals surface area contributed by atoms with E-state index >= 15 is 0 Å². The molecule has 0 radical (unpaired) electrons. The topological polar surface area (TPSA) is 136 Å². The smallest absolute Gasteiger partial charge is 0.333 e. The van der Waals surface area contributed by atoms with E-state index in [1.165, 1.54) is 5.01 Å². The second-order valence-corrected chi connectivity index (χ2v) is 7.45. The molecule has 0 fully saturated rings. The molecule has 1 amide bonds. The number of amides is 1. The summed E-state index contributed by atoms with van der Waals surface area (Å²) in [6.07, 6.45) is -1.74. The minimum Gasteiger partial charge on any atom is -0.491 e. The molecule has 0 aliphatic rings. The number of halogens is 2. The van der Waals surface area contributed by atoms with Crippen LogP contribution < -0.4 is 5.43 Å². The fourth-order valence-corrected chi connectivity index (χ4v) is 3.28. The lowest BCUT2D eigenvalue weighted by Gasteiger charge is -2.24. The van der Waals surface area contributed by atoms with Gasteiger partial charge in [0.2, 0.25) is 5.76 Å². The van der Waals surface area contributed by atoms with E-state index < -0.39 is 30.4 Å². The van der Waals surface area contributed by atoms with Crippen LogP contribution in [0.3, 0.4) is 0 Å². The van der Waals surface area contributed by atoms with Crippen LogP contribution in [0.4, 0.5) is 0 Å². The number of carbonyl (C=O) groups is 2. The van der Waals surface area contributed by atoms with Gasteiger partial charge in [0.15, 0.2) is 6.10 Å². The number of aliphatic carboxylic acids is 1. The SMILES string of the molecule is O=C(NN(Cc1ccc(-c2cc(Cl)cc(Cl)c2)cc1)CC(O)C(=O)O)c1cc(O)no1. The summed E-state index contributed by atoms with van der Waals surface area (Å²) in [7, 11) is 0. The number of carboxylic acids is 1. The summed E-state index contributed by atoms with van der Waals surface area (Å²) in [4.78, 5) is 23.3. The van der Waals surface area contributed by atoms with Gasteiger partial charge in [-0.3, -0.25) is 10.2 Å². The first-order chi connectivity index (χ1) is 14.7. The summed E-state index contributed by atoms with van der Waals surface area (Å²) in [6.45, 7) is -0.320. The zero-order chi connectivity index (χ0) is 22.5. The average molecular weight is 466 g/mol. The second-order valence-electron chi connectivity index (χ2n) is 6.58. The van der Waals surface area contributed by atoms with Crippen molar-refractivity contribution in [2.75, 3.05) is 6.54 Å². The number of hydrazine groups is 1. The van der Waals surface area contributed by atoms with Crippen molar-refractivity contribution in [2.24, 2.45) is 0 Å². The van der Waals surface area contributed by atoms with Crippen molar-refractivity contribution < 1.29 is 29.4 Å². The average Bonchev–Trinajstić information content (AvgIpc) is 3.14. The third kappa shape index (κ3) is 6.19. The Balaban J connectivity index is 1.76. The monoisotopic (exact) mass is 465 g/mol. The van der Waals surface area contributed by atoms with Crippen molar-refractivity contribution in [2.45, 2.75) is 12.6 Å². The number of aromatic nitrogens is 1. The van der Waals surface area contributed by atoms with Gasteiger partial charge in [0, 0.05) is 16.6 Å². The van der Waals surface area contributed by atoms with Crippen LogP contribution in [-0.2, 0) is 11.3 Å². The Morgan fingerprint density at radius 3 is 2.26 bits per heavy atom. The quantitative estimate of drug-likeness (QED) is 0.372. The number of nitrogens with zero attached hydrogens (tertiary/aromatic N) is 2. The van der Waals surface area contributed by atoms with Crippen molar-refractivity contribution in [3.63, 3.8) is 0 Å². The Morgan fingerprint density at radius 2 is 1.71 bits per heavy atom. The summed E-state index contributed by atoms with van der Waals surface area (Å²) in [5.74, 6) is -2.96. The largest absolute Gasteiger partial charge is 0.491 e. The Bertz CT molecular complexity index is 1070. The second kappa shape index (κ2) is 9.80.